The highest BCUT2D eigenvalue weighted by Gasteiger charge is 1.97. The summed E-state index contributed by atoms with van der Waals surface area (Å²) in [7, 11) is 1.73. The zero-order chi connectivity index (χ0) is 10.8. The van der Waals surface area contributed by atoms with Crippen LogP contribution in [0.15, 0.2) is 0 Å². The van der Waals surface area contributed by atoms with Gasteiger partial charge in [-0.25, -0.2) is 0 Å². The Labute approximate surface area is 88.2 Å². The van der Waals surface area contributed by atoms with Gasteiger partial charge in [-0.1, -0.05) is 13.8 Å². The fourth-order valence-electron chi connectivity index (χ4n) is 1.01. The van der Waals surface area contributed by atoms with Crippen molar-refractivity contribution in [2.24, 2.45) is 5.92 Å². The van der Waals surface area contributed by atoms with Crippen molar-refractivity contribution < 1.29 is 9.47 Å². The molecule has 0 aliphatic rings. The zero-order valence-electron chi connectivity index (χ0n) is 10.0. The van der Waals surface area contributed by atoms with Crippen LogP contribution < -0.4 is 5.32 Å². The highest BCUT2D eigenvalue weighted by atomic mass is 16.5. The molecule has 0 fully saturated rings. The lowest BCUT2D eigenvalue weighted by Crippen LogP contribution is -2.27. The summed E-state index contributed by atoms with van der Waals surface area (Å²) in [6.45, 7) is 10.0. The minimum Gasteiger partial charge on any atom is -0.381 e. The Morgan fingerprint density at radius 2 is 1.93 bits per heavy atom. The second-order valence-corrected chi connectivity index (χ2v) is 4.07. The van der Waals surface area contributed by atoms with Crippen molar-refractivity contribution in [3.05, 3.63) is 0 Å². The van der Waals surface area contributed by atoms with E-state index < -0.39 is 0 Å². The van der Waals surface area contributed by atoms with Crippen molar-refractivity contribution in [2.75, 3.05) is 33.4 Å². The topological polar surface area (TPSA) is 30.5 Å². The number of ether oxygens (including phenoxy) is 2. The maximum atomic E-state index is 5.46. The molecule has 0 aliphatic carbocycles. The van der Waals surface area contributed by atoms with Gasteiger partial charge < -0.3 is 14.8 Å². The lowest BCUT2D eigenvalue weighted by Gasteiger charge is -2.11. The van der Waals surface area contributed by atoms with Crippen molar-refractivity contribution in [1.82, 2.24) is 5.32 Å². The number of hydrogen-bond donors (Lipinski definition) is 1. The van der Waals surface area contributed by atoms with Crippen LogP contribution in [-0.4, -0.2) is 39.5 Å². The third-order valence-electron chi connectivity index (χ3n) is 1.93. The van der Waals surface area contributed by atoms with Crippen molar-refractivity contribution in [1.29, 1.82) is 0 Å². The van der Waals surface area contributed by atoms with E-state index in [2.05, 4.69) is 26.1 Å². The van der Waals surface area contributed by atoms with Gasteiger partial charge in [0.25, 0.3) is 0 Å². The molecule has 1 atom stereocenters. The molecule has 0 aliphatic heterocycles. The predicted octanol–water partition coefficient (Wildman–Crippen LogP) is 1.67. The Hall–Kier alpha value is -0.120. The first-order chi connectivity index (χ1) is 6.66. The van der Waals surface area contributed by atoms with Gasteiger partial charge in [0.1, 0.15) is 0 Å². The molecular weight excluding hydrogens is 178 g/mol. The second kappa shape index (κ2) is 9.44. The van der Waals surface area contributed by atoms with Crippen molar-refractivity contribution in [3.8, 4) is 0 Å². The first-order valence-corrected chi connectivity index (χ1v) is 5.48. The van der Waals surface area contributed by atoms with Gasteiger partial charge in [0.2, 0.25) is 0 Å². The van der Waals surface area contributed by atoms with E-state index in [4.69, 9.17) is 9.47 Å². The van der Waals surface area contributed by atoms with Crippen LogP contribution >= 0.6 is 0 Å². The first kappa shape index (κ1) is 13.9. The zero-order valence-corrected chi connectivity index (χ0v) is 10.0. The summed E-state index contributed by atoms with van der Waals surface area (Å²) in [6.07, 6.45) is 1.37. The molecule has 0 aromatic carbocycles. The molecule has 0 aromatic rings. The molecule has 0 radical (unpaired) electrons. The van der Waals surface area contributed by atoms with Gasteiger partial charge in [-0.3, -0.25) is 0 Å². The van der Waals surface area contributed by atoms with Crippen molar-refractivity contribution in [2.45, 2.75) is 33.3 Å². The second-order valence-electron chi connectivity index (χ2n) is 4.07. The smallest absolute Gasteiger partial charge is 0.0667 e. The van der Waals surface area contributed by atoms with Gasteiger partial charge >= 0.3 is 0 Å². The lowest BCUT2D eigenvalue weighted by molar-refractivity contribution is 0.102. The quantitative estimate of drug-likeness (QED) is 0.578. The fourth-order valence-corrected chi connectivity index (χ4v) is 1.01. The largest absolute Gasteiger partial charge is 0.381 e. The van der Waals surface area contributed by atoms with Crippen molar-refractivity contribution in [3.63, 3.8) is 0 Å². The Balaban J connectivity index is 2.99. The van der Waals surface area contributed by atoms with E-state index in [1.807, 2.05) is 0 Å². The van der Waals surface area contributed by atoms with E-state index in [1.54, 1.807) is 7.11 Å². The van der Waals surface area contributed by atoms with Crippen LogP contribution in [0.1, 0.15) is 27.2 Å². The highest BCUT2D eigenvalue weighted by molar-refractivity contribution is 4.54. The maximum absolute atomic E-state index is 5.46. The molecule has 3 nitrogen and oxygen atoms in total. The molecule has 0 aromatic heterocycles. The summed E-state index contributed by atoms with van der Waals surface area (Å²) in [5.74, 6) is 0.636. The summed E-state index contributed by atoms with van der Waals surface area (Å²) in [5, 5.41) is 3.32. The predicted molar refractivity (Wildman–Crippen MR) is 59.6 cm³/mol. The van der Waals surface area contributed by atoms with E-state index in [9.17, 15) is 0 Å². The highest BCUT2D eigenvalue weighted by Crippen LogP contribution is 1.93. The minimum absolute atomic E-state index is 0.298. The number of nitrogens with one attached hydrogen (secondary N) is 1. The molecule has 86 valence electrons. The third kappa shape index (κ3) is 9.96. The van der Waals surface area contributed by atoms with Crippen LogP contribution in [0.5, 0.6) is 0 Å². The van der Waals surface area contributed by atoms with Gasteiger partial charge in [0.05, 0.1) is 6.10 Å². The van der Waals surface area contributed by atoms with Crippen LogP contribution in [0.2, 0.25) is 0 Å². The average molecular weight is 203 g/mol. The van der Waals surface area contributed by atoms with E-state index in [-0.39, 0.29) is 0 Å². The summed E-state index contributed by atoms with van der Waals surface area (Å²) in [4.78, 5) is 0. The summed E-state index contributed by atoms with van der Waals surface area (Å²) < 4.78 is 10.6. The minimum atomic E-state index is 0.298. The summed E-state index contributed by atoms with van der Waals surface area (Å²) in [5.41, 5.74) is 0. The van der Waals surface area contributed by atoms with Crippen LogP contribution in [0.4, 0.5) is 0 Å². The van der Waals surface area contributed by atoms with E-state index in [1.165, 1.54) is 0 Å². The molecule has 0 saturated heterocycles. The molecule has 0 rings (SSSR count). The normalized spacial score (nSPS) is 13.5. The van der Waals surface area contributed by atoms with Crippen LogP contribution in [0.3, 0.4) is 0 Å². The van der Waals surface area contributed by atoms with Gasteiger partial charge in [0, 0.05) is 26.9 Å². The maximum Gasteiger partial charge on any atom is 0.0667 e. The molecule has 0 saturated carbocycles. The number of hydrogen-bond acceptors (Lipinski definition) is 3. The molecule has 1 N–H and O–H groups in total. The molecule has 1 unspecified atom stereocenters. The molecule has 0 heterocycles. The molecule has 14 heavy (non-hydrogen) atoms. The molecular formula is C11H25NO2. The molecule has 0 bridgehead atoms. The van der Waals surface area contributed by atoms with Crippen LogP contribution in [0.25, 0.3) is 0 Å². The number of rotatable bonds is 9. The summed E-state index contributed by atoms with van der Waals surface area (Å²) in [6, 6.07) is 0. The van der Waals surface area contributed by atoms with Gasteiger partial charge in [0.15, 0.2) is 0 Å². The van der Waals surface area contributed by atoms with Gasteiger partial charge in [-0.2, -0.15) is 0 Å². The first-order valence-electron chi connectivity index (χ1n) is 5.48. The summed E-state index contributed by atoms with van der Waals surface area (Å²) >= 11 is 0. The number of methoxy groups -OCH3 is 1. The Morgan fingerprint density at radius 3 is 2.50 bits per heavy atom. The van der Waals surface area contributed by atoms with Gasteiger partial charge in [-0.05, 0) is 25.8 Å². The Bertz CT molecular complexity index is 118. The van der Waals surface area contributed by atoms with E-state index in [0.29, 0.717) is 12.0 Å². The monoisotopic (exact) mass is 203 g/mol. The van der Waals surface area contributed by atoms with Crippen LogP contribution in [0, 0.1) is 5.92 Å². The Morgan fingerprint density at radius 1 is 1.21 bits per heavy atom. The van der Waals surface area contributed by atoms with E-state index >= 15 is 0 Å². The van der Waals surface area contributed by atoms with Crippen LogP contribution in [-0.2, 0) is 9.47 Å². The van der Waals surface area contributed by atoms with Gasteiger partial charge in [-0.15, -0.1) is 0 Å². The van der Waals surface area contributed by atoms with E-state index in [0.717, 1.165) is 32.7 Å². The third-order valence-corrected chi connectivity index (χ3v) is 1.93. The molecule has 3 heteroatoms. The fraction of sp³-hybridized carbons (Fsp3) is 1.00. The SMILES string of the molecule is COC(C)CNCCCOCC(C)C. The molecule has 0 amide bonds. The van der Waals surface area contributed by atoms with Crippen molar-refractivity contribution >= 4 is 0 Å². The molecule has 0 spiro atoms. The lowest BCUT2D eigenvalue weighted by atomic mass is 10.2. The average Bonchev–Trinajstić information content (AvgIpc) is 2.15. The standard InChI is InChI=1S/C11H25NO2/c1-10(2)9-14-7-5-6-12-8-11(3)13-4/h10-12H,5-9H2,1-4H3. The Kier molecular flexibility index (Phi) is 9.35.